The summed E-state index contributed by atoms with van der Waals surface area (Å²) in [5, 5.41) is 25.3. The molecule has 14 heteroatoms. The number of carboxylic acids is 2. The molecule has 0 aliphatic carbocycles. The second-order valence-corrected chi connectivity index (χ2v) is 10.1. The Balaban J connectivity index is 0.000000638. The van der Waals surface area contributed by atoms with Crippen molar-refractivity contribution in [3.63, 3.8) is 0 Å². The SMILES string of the molecule is Cc1ccc(C)c(S(=O)(=O)Nc2cc(C(=O)O)ccc2N2CCN(CCC#N)CC2)c1.O=C(O)C(F)(F)F. The Bertz CT molecular complexity index is 1320. The zero-order valence-corrected chi connectivity index (χ0v) is 21.4. The van der Waals surface area contributed by atoms with Crippen LogP contribution >= 0.6 is 0 Å². The molecule has 0 saturated carbocycles. The Hall–Kier alpha value is -3.83. The van der Waals surface area contributed by atoms with Crippen molar-refractivity contribution in [3.8, 4) is 6.07 Å². The summed E-state index contributed by atoms with van der Waals surface area (Å²) in [5.74, 6) is -3.88. The van der Waals surface area contributed by atoms with Crippen molar-refractivity contribution < 1.29 is 41.4 Å². The van der Waals surface area contributed by atoms with E-state index in [-0.39, 0.29) is 16.1 Å². The van der Waals surface area contributed by atoms with Crippen molar-refractivity contribution >= 4 is 33.3 Å². The highest BCUT2D eigenvalue weighted by Gasteiger charge is 2.38. The van der Waals surface area contributed by atoms with Gasteiger partial charge in [-0.25, -0.2) is 18.0 Å². The fraction of sp³-hybridized carbons (Fsp3) is 0.375. The molecule has 0 atom stereocenters. The number of hydrogen-bond acceptors (Lipinski definition) is 7. The minimum absolute atomic E-state index is 0.00932. The number of alkyl halides is 3. The number of hydrogen-bond donors (Lipinski definition) is 3. The Morgan fingerprint density at radius 1 is 1.05 bits per heavy atom. The number of piperazine rings is 1. The molecular weight excluding hydrogens is 529 g/mol. The molecule has 38 heavy (non-hydrogen) atoms. The summed E-state index contributed by atoms with van der Waals surface area (Å²) in [6.07, 6.45) is -4.62. The zero-order chi connectivity index (χ0) is 28.7. The van der Waals surface area contributed by atoms with Gasteiger partial charge in [-0.2, -0.15) is 18.4 Å². The minimum atomic E-state index is -5.08. The lowest BCUT2D eigenvalue weighted by atomic mass is 10.1. The molecule has 10 nitrogen and oxygen atoms in total. The van der Waals surface area contributed by atoms with Gasteiger partial charge in [0.15, 0.2) is 0 Å². The van der Waals surface area contributed by atoms with E-state index >= 15 is 0 Å². The van der Waals surface area contributed by atoms with Crippen LogP contribution in [0.25, 0.3) is 0 Å². The van der Waals surface area contributed by atoms with Crippen LogP contribution in [-0.2, 0) is 14.8 Å². The standard InChI is InChI=1S/C22H26N4O4S.C2HF3O2/c1-16-4-5-17(2)21(14-16)31(29,30)24-19-15-18(22(27)28)6-7-20(19)26-12-10-25(11-13-26)9-3-8-23;3-2(4,5)1(6)7/h4-7,14-15,24H,3,9-13H2,1-2H3,(H,27,28);(H,6,7). The van der Waals surface area contributed by atoms with Crippen LogP contribution in [0.1, 0.15) is 27.9 Å². The number of benzene rings is 2. The van der Waals surface area contributed by atoms with Crippen LogP contribution < -0.4 is 9.62 Å². The highest BCUT2D eigenvalue weighted by Crippen LogP contribution is 2.31. The maximum Gasteiger partial charge on any atom is 0.490 e. The molecule has 0 bridgehead atoms. The molecular formula is C24H27F3N4O6S. The van der Waals surface area contributed by atoms with Crippen LogP contribution in [0.5, 0.6) is 0 Å². The van der Waals surface area contributed by atoms with E-state index in [9.17, 15) is 31.5 Å². The minimum Gasteiger partial charge on any atom is -0.478 e. The number of aryl methyl sites for hydroxylation is 2. The number of nitrogens with one attached hydrogen (secondary N) is 1. The number of rotatable bonds is 7. The zero-order valence-electron chi connectivity index (χ0n) is 20.6. The van der Waals surface area contributed by atoms with Gasteiger partial charge in [0.05, 0.1) is 27.9 Å². The van der Waals surface area contributed by atoms with Crippen molar-refractivity contribution in [2.24, 2.45) is 0 Å². The van der Waals surface area contributed by atoms with Gasteiger partial charge in [-0.1, -0.05) is 12.1 Å². The molecule has 0 amide bonds. The molecule has 3 N–H and O–H groups in total. The van der Waals surface area contributed by atoms with Crippen LogP contribution in [-0.4, -0.2) is 74.4 Å². The van der Waals surface area contributed by atoms with Crippen molar-refractivity contribution in [1.82, 2.24) is 4.90 Å². The topological polar surface area (TPSA) is 151 Å². The lowest BCUT2D eigenvalue weighted by molar-refractivity contribution is -0.192. The number of halogens is 3. The number of anilines is 2. The van der Waals surface area contributed by atoms with Gasteiger partial charge in [0, 0.05) is 39.1 Å². The highest BCUT2D eigenvalue weighted by atomic mass is 32.2. The van der Waals surface area contributed by atoms with Crippen LogP contribution in [0.3, 0.4) is 0 Å². The average molecular weight is 557 g/mol. The van der Waals surface area contributed by atoms with Crippen LogP contribution in [0.2, 0.25) is 0 Å². The van der Waals surface area contributed by atoms with E-state index in [0.717, 1.165) is 18.7 Å². The van der Waals surface area contributed by atoms with Gasteiger partial charge >= 0.3 is 18.1 Å². The van der Waals surface area contributed by atoms with Gasteiger partial charge in [-0.05, 0) is 49.2 Å². The summed E-state index contributed by atoms with van der Waals surface area (Å²) in [5.41, 5.74) is 2.32. The van der Waals surface area contributed by atoms with E-state index in [1.165, 1.54) is 12.1 Å². The van der Waals surface area contributed by atoms with Crippen LogP contribution in [0, 0.1) is 25.2 Å². The molecule has 1 fully saturated rings. The summed E-state index contributed by atoms with van der Waals surface area (Å²) < 4.78 is 60.6. The van der Waals surface area contributed by atoms with E-state index in [0.29, 0.717) is 37.3 Å². The lowest BCUT2D eigenvalue weighted by Crippen LogP contribution is -2.46. The first-order valence-corrected chi connectivity index (χ1v) is 12.8. The Labute approximate surface area is 217 Å². The predicted octanol–water partition coefficient (Wildman–Crippen LogP) is 3.47. The number of carbonyl (C=O) groups is 2. The van der Waals surface area contributed by atoms with E-state index in [1.54, 1.807) is 25.1 Å². The number of carboxylic acid groups (broad SMARTS) is 2. The number of sulfonamides is 1. The van der Waals surface area contributed by atoms with E-state index in [1.807, 2.05) is 17.9 Å². The Kier molecular flexibility index (Phi) is 10.1. The summed E-state index contributed by atoms with van der Waals surface area (Å²) in [4.78, 5) is 24.8. The summed E-state index contributed by atoms with van der Waals surface area (Å²) in [7, 11) is -3.91. The largest absolute Gasteiger partial charge is 0.490 e. The number of aliphatic carboxylic acids is 1. The Morgan fingerprint density at radius 2 is 1.66 bits per heavy atom. The molecule has 0 aromatic heterocycles. The summed E-state index contributed by atoms with van der Waals surface area (Å²) >= 11 is 0. The van der Waals surface area contributed by atoms with Gasteiger partial charge in [-0.3, -0.25) is 9.62 Å². The first-order valence-electron chi connectivity index (χ1n) is 11.3. The maximum atomic E-state index is 13.1. The molecule has 0 unspecified atom stereocenters. The summed E-state index contributed by atoms with van der Waals surface area (Å²) in [6.45, 7) is 7.03. The van der Waals surface area contributed by atoms with Gasteiger partial charge in [0.1, 0.15) is 0 Å². The van der Waals surface area contributed by atoms with Crippen molar-refractivity contribution in [3.05, 3.63) is 53.1 Å². The molecule has 0 spiro atoms. The smallest absolute Gasteiger partial charge is 0.478 e. The second kappa shape index (κ2) is 12.6. The number of nitriles is 1. The van der Waals surface area contributed by atoms with Crippen molar-refractivity contribution in [2.75, 3.05) is 42.3 Å². The fourth-order valence-corrected chi connectivity index (χ4v) is 5.04. The molecule has 1 aliphatic rings. The first kappa shape index (κ1) is 30.4. The monoisotopic (exact) mass is 556 g/mol. The lowest BCUT2D eigenvalue weighted by Gasteiger charge is -2.36. The van der Waals surface area contributed by atoms with Gasteiger partial charge < -0.3 is 15.1 Å². The van der Waals surface area contributed by atoms with Crippen molar-refractivity contribution in [2.45, 2.75) is 31.3 Å². The second-order valence-electron chi connectivity index (χ2n) is 8.45. The normalized spacial score (nSPS) is 14.2. The number of aromatic carboxylic acids is 1. The molecule has 3 rings (SSSR count). The molecule has 0 radical (unpaired) electrons. The third kappa shape index (κ3) is 8.35. The Morgan fingerprint density at radius 3 is 2.18 bits per heavy atom. The van der Waals surface area contributed by atoms with Crippen LogP contribution in [0.15, 0.2) is 41.3 Å². The quantitative estimate of drug-likeness (QED) is 0.466. The third-order valence-corrected chi connectivity index (χ3v) is 7.12. The van der Waals surface area contributed by atoms with Gasteiger partial charge in [0.2, 0.25) is 0 Å². The average Bonchev–Trinajstić information content (AvgIpc) is 2.84. The van der Waals surface area contributed by atoms with Crippen molar-refractivity contribution in [1.29, 1.82) is 5.26 Å². The molecule has 1 aliphatic heterocycles. The highest BCUT2D eigenvalue weighted by molar-refractivity contribution is 7.92. The number of nitrogens with zero attached hydrogens (tertiary/aromatic N) is 3. The van der Waals surface area contributed by atoms with Crippen LogP contribution in [0.4, 0.5) is 24.5 Å². The van der Waals surface area contributed by atoms with E-state index in [2.05, 4.69) is 15.7 Å². The van der Waals surface area contributed by atoms with Gasteiger partial charge in [0.25, 0.3) is 10.0 Å². The molecule has 2 aromatic carbocycles. The fourth-order valence-electron chi connectivity index (χ4n) is 3.64. The first-order chi connectivity index (χ1) is 17.7. The van der Waals surface area contributed by atoms with E-state index < -0.39 is 28.1 Å². The maximum absolute atomic E-state index is 13.1. The summed E-state index contributed by atoms with van der Waals surface area (Å²) in [6, 6.07) is 11.8. The molecule has 1 saturated heterocycles. The van der Waals surface area contributed by atoms with E-state index in [4.69, 9.17) is 15.2 Å². The predicted molar refractivity (Wildman–Crippen MR) is 133 cm³/mol. The molecule has 1 heterocycles. The van der Waals surface area contributed by atoms with Gasteiger partial charge in [-0.15, -0.1) is 0 Å². The molecule has 2 aromatic rings. The third-order valence-electron chi connectivity index (χ3n) is 5.62. The molecule has 206 valence electrons.